The van der Waals surface area contributed by atoms with Crippen molar-refractivity contribution in [3.05, 3.63) is 65.6 Å². The molecule has 0 aliphatic rings. The summed E-state index contributed by atoms with van der Waals surface area (Å²) in [4.78, 5) is 30.2. The van der Waals surface area contributed by atoms with Crippen LogP contribution in [-0.2, 0) is 4.79 Å². The highest BCUT2D eigenvalue weighted by Crippen LogP contribution is 2.24. The lowest BCUT2D eigenvalue weighted by Gasteiger charge is -2.23. The van der Waals surface area contributed by atoms with Crippen LogP contribution in [0.1, 0.15) is 23.0 Å². The first-order valence-electron chi connectivity index (χ1n) is 8.74. The molecule has 1 heterocycles. The average molecular weight is 367 g/mol. The highest BCUT2D eigenvalue weighted by atomic mass is 19.1. The van der Waals surface area contributed by atoms with Crippen LogP contribution in [0.3, 0.4) is 0 Å². The quantitative estimate of drug-likeness (QED) is 0.652. The molecule has 1 atom stereocenters. The fourth-order valence-electron chi connectivity index (χ4n) is 3.13. The number of anilines is 1. The molecule has 6 heteroatoms. The topological polar surface area (TPSA) is 65.2 Å². The number of para-hydroxylation sites is 1. The molecule has 1 aromatic heterocycles. The van der Waals surface area contributed by atoms with E-state index in [9.17, 15) is 14.0 Å². The molecule has 1 amide bonds. The molecule has 0 fully saturated rings. The molecule has 140 valence electrons. The second kappa shape index (κ2) is 7.72. The summed E-state index contributed by atoms with van der Waals surface area (Å²) >= 11 is 0. The van der Waals surface area contributed by atoms with E-state index >= 15 is 0 Å². The van der Waals surface area contributed by atoms with Gasteiger partial charge in [0.2, 0.25) is 5.91 Å². The Labute approximate surface area is 157 Å². The third-order valence-electron chi connectivity index (χ3n) is 4.68. The lowest BCUT2D eigenvalue weighted by Crippen LogP contribution is -2.41. The summed E-state index contributed by atoms with van der Waals surface area (Å²) in [6.07, 6.45) is 0. The van der Waals surface area contributed by atoms with Gasteiger partial charge in [-0.3, -0.25) is 14.5 Å². The maximum Gasteiger partial charge on any atom is 0.238 e. The maximum absolute atomic E-state index is 13.2. The SMILES string of the molecule is Cc1[nH]c2ccccc2c1C(=O)[C@@H](C)N(C)CC(=O)Nc1cccc(F)c1. The Balaban J connectivity index is 1.70. The number of hydrogen-bond donors (Lipinski definition) is 2. The molecule has 2 aromatic carbocycles. The maximum atomic E-state index is 13.2. The fourth-order valence-corrected chi connectivity index (χ4v) is 3.13. The molecule has 0 saturated heterocycles. The fraction of sp³-hybridized carbons (Fsp3) is 0.238. The van der Waals surface area contributed by atoms with Crippen LogP contribution in [0.2, 0.25) is 0 Å². The minimum atomic E-state index is -0.485. The van der Waals surface area contributed by atoms with E-state index in [1.807, 2.05) is 31.2 Å². The number of aromatic amines is 1. The van der Waals surface area contributed by atoms with Crippen molar-refractivity contribution < 1.29 is 14.0 Å². The van der Waals surface area contributed by atoms with Crippen molar-refractivity contribution in [3.8, 4) is 0 Å². The van der Waals surface area contributed by atoms with Crippen LogP contribution < -0.4 is 5.32 Å². The van der Waals surface area contributed by atoms with Gasteiger partial charge < -0.3 is 10.3 Å². The van der Waals surface area contributed by atoms with E-state index in [0.29, 0.717) is 11.3 Å². The molecule has 0 spiro atoms. The van der Waals surface area contributed by atoms with E-state index in [1.165, 1.54) is 18.2 Å². The van der Waals surface area contributed by atoms with Gasteiger partial charge in [-0.05, 0) is 45.2 Å². The van der Waals surface area contributed by atoms with Gasteiger partial charge in [-0.25, -0.2) is 4.39 Å². The van der Waals surface area contributed by atoms with Gasteiger partial charge in [0.25, 0.3) is 0 Å². The van der Waals surface area contributed by atoms with Crippen molar-refractivity contribution in [1.82, 2.24) is 9.88 Å². The summed E-state index contributed by atoms with van der Waals surface area (Å²) in [5.74, 6) is -0.774. The largest absolute Gasteiger partial charge is 0.358 e. The summed E-state index contributed by atoms with van der Waals surface area (Å²) in [6.45, 7) is 3.67. The van der Waals surface area contributed by atoms with Gasteiger partial charge in [-0.2, -0.15) is 0 Å². The number of likely N-dealkylation sites (N-methyl/N-ethyl adjacent to an activating group) is 1. The minimum absolute atomic E-state index is 0.0187. The molecule has 3 aromatic rings. The molecule has 0 radical (unpaired) electrons. The first-order chi connectivity index (χ1) is 12.9. The Morgan fingerprint density at radius 2 is 1.93 bits per heavy atom. The van der Waals surface area contributed by atoms with Crippen LogP contribution in [0.4, 0.5) is 10.1 Å². The Morgan fingerprint density at radius 1 is 1.19 bits per heavy atom. The molecule has 2 N–H and O–H groups in total. The molecule has 0 saturated carbocycles. The smallest absolute Gasteiger partial charge is 0.238 e. The number of nitrogens with one attached hydrogen (secondary N) is 2. The van der Waals surface area contributed by atoms with Gasteiger partial charge in [0, 0.05) is 27.8 Å². The number of nitrogens with zero attached hydrogens (tertiary/aromatic N) is 1. The molecular formula is C21H22FN3O2. The van der Waals surface area contributed by atoms with E-state index in [1.54, 1.807) is 24.9 Å². The molecule has 0 aliphatic carbocycles. The zero-order valence-electron chi connectivity index (χ0n) is 15.5. The van der Waals surface area contributed by atoms with E-state index in [4.69, 9.17) is 0 Å². The van der Waals surface area contributed by atoms with Crippen LogP contribution in [0.15, 0.2) is 48.5 Å². The van der Waals surface area contributed by atoms with Crippen LogP contribution in [0.25, 0.3) is 10.9 Å². The summed E-state index contributed by atoms with van der Waals surface area (Å²) in [5, 5.41) is 3.52. The standard InChI is InChI=1S/C21H22FN3O2/c1-13-20(17-9-4-5-10-18(17)23-13)21(27)14(2)25(3)12-19(26)24-16-8-6-7-15(22)11-16/h4-11,14,23H,12H2,1-3H3,(H,24,26)/t14-/m1/s1. The summed E-state index contributed by atoms with van der Waals surface area (Å²) in [7, 11) is 1.72. The number of aromatic nitrogens is 1. The molecular weight excluding hydrogens is 345 g/mol. The van der Waals surface area contributed by atoms with Crippen molar-refractivity contribution in [2.45, 2.75) is 19.9 Å². The van der Waals surface area contributed by atoms with Crippen molar-refractivity contribution in [2.24, 2.45) is 0 Å². The number of H-pyrrole nitrogens is 1. The number of rotatable bonds is 6. The van der Waals surface area contributed by atoms with Gasteiger partial charge >= 0.3 is 0 Å². The van der Waals surface area contributed by atoms with Crippen LogP contribution in [0, 0.1) is 12.7 Å². The number of hydrogen-bond acceptors (Lipinski definition) is 3. The normalized spacial score (nSPS) is 12.3. The zero-order chi connectivity index (χ0) is 19.6. The number of Topliss-reactive ketones (excluding diaryl/α,β-unsaturated/α-hetero) is 1. The van der Waals surface area contributed by atoms with Crippen molar-refractivity contribution in [2.75, 3.05) is 18.9 Å². The number of aryl methyl sites for hydroxylation is 1. The van der Waals surface area contributed by atoms with E-state index in [2.05, 4.69) is 10.3 Å². The molecule has 0 bridgehead atoms. The second-order valence-electron chi connectivity index (χ2n) is 6.68. The van der Waals surface area contributed by atoms with E-state index < -0.39 is 11.9 Å². The van der Waals surface area contributed by atoms with Crippen LogP contribution in [0.5, 0.6) is 0 Å². The first-order valence-corrected chi connectivity index (χ1v) is 8.74. The van der Waals surface area contributed by atoms with E-state index in [0.717, 1.165) is 16.6 Å². The third-order valence-corrected chi connectivity index (χ3v) is 4.68. The number of carbonyl (C=O) groups excluding carboxylic acids is 2. The number of fused-ring (bicyclic) bond motifs is 1. The van der Waals surface area contributed by atoms with Gasteiger partial charge in [0.15, 0.2) is 5.78 Å². The predicted molar refractivity (Wildman–Crippen MR) is 104 cm³/mol. The van der Waals surface area contributed by atoms with Crippen LogP contribution in [-0.4, -0.2) is 41.2 Å². The zero-order valence-corrected chi connectivity index (χ0v) is 15.5. The molecule has 27 heavy (non-hydrogen) atoms. The summed E-state index contributed by atoms with van der Waals surface area (Å²) in [6, 6.07) is 12.9. The lowest BCUT2D eigenvalue weighted by atomic mass is 10.0. The van der Waals surface area contributed by atoms with Crippen LogP contribution >= 0.6 is 0 Å². The highest BCUT2D eigenvalue weighted by Gasteiger charge is 2.25. The van der Waals surface area contributed by atoms with Gasteiger partial charge in [0.05, 0.1) is 12.6 Å². The van der Waals surface area contributed by atoms with Crippen molar-refractivity contribution in [3.63, 3.8) is 0 Å². The number of ketones is 1. The van der Waals surface area contributed by atoms with E-state index in [-0.39, 0.29) is 18.2 Å². The van der Waals surface area contributed by atoms with Gasteiger partial charge in [0.1, 0.15) is 5.82 Å². The van der Waals surface area contributed by atoms with Crippen molar-refractivity contribution in [1.29, 1.82) is 0 Å². The highest BCUT2D eigenvalue weighted by molar-refractivity contribution is 6.11. The lowest BCUT2D eigenvalue weighted by molar-refractivity contribution is -0.117. The average Bonchev–Trinajstić information content (AvgIpc) is 2.96. The Hall–Kier alpha value is -2.99. The molecule has 0 aliphatic heterocycles. The number of amides is 1. The van der Waals surface area contributed by atoms with Gasteiger partial charge in [-0.1, -0.05) is 24.3 Å². The Kier molecular flexibility index (Phi) is 5.37. The Morgan fingerprint density at radius 3 is 2.67 bits per heavy atom. The first kappa shape index (κ1) is 18.8. The number of halogens is 1. The molecule has 5 nitrogen and oxygen atoms in total. The predicted octanol–water partition coefficient (Wildman–Crippen LogP) is 3.76. The third kappa shape index (κ3) is 4.06. The van der Waals surface area contributed by atoms with Gasteiger partial charge in [-0.15, -0.1) is 0 Å². The Bertz CT molecular complexity index is 996. The second-order valence-corrected chi connectivity index (χ2v) is 6.68. The summed E-state index contributed by atoms with van der Waals surface area (Å²) < 4.78 is 13.2. The monoisotopic (exact) mass is 367 g/mol. The molecule has 3 rings (SSSR count). The number of carbonyl (C=O) groups is 2. The molecule has 0 unspecified atom stereocenters. The van der Waals surface area contributed by atoms with Crippen molar-refractivity contribution >= 4 is 28.3 Å². The minimum Gasteiger partial charge on any atom is -0.358 e. The number of benzene rings is 2. The summed E-state index contributed by atoms with van der Waals surface area (Å²) in [5.41, 5.74) is 2.76.